The van der Waals surface area contributed by atoms with E-state index >= 15 is 0 Å². The Morgan fingerprint density at radius 3 is 2.38 bits per heavy atom. The number of likely N-dealkylation sites (N-methyl/N-ethyl adjacent to an activating group) is 1. The number of rotatable bonds is 7. The van der Waals surface area contributed by atoms with Crippen molar-refractivity contribution in [1.29, 1.82) is 0 Å². The lowest BCUT2D eigenvalue weighted by atomic mass is 9.52. The highest BCUT2D eigenvalue weighted by Crippen LogP contribution is 2.51. The zero-order chi connectivity index (χ0) is 29.8. The largest absolute Gasteiger partial charge is 0.505 e. The average Bonchev–Trinajstić information content (AvgIpc) is 2.85. The van der Waals surface area contributed by atoms with Crippen LogP contribution in [0.2, 0.25) is 0 Å². The summed E-state index contributed by atoms with van der Waals surface area (Å²) < 4.78 is 0. The number of aliphatic hydroxyl groups is 1. The maximum Gasteiger partial charge on any atom is 0.320 e. The molecule has 0 radical (unpaired) electrons. The highest BCUT2D eigenvalue weighted by atomic mass is 16.4. The maximum atomic E-state index is 13.8. The van der Waals surface area contributed by atoms with Crippen LogP contribution in [-0.2, 0) is 35.2 Å². The highest BCUT2D eigenvalue weighted by molar-refractivity contribution is 6.32. The summed E-state index contributed by atoms with van der Waals surface area (Å²) in [6.45, 7) is 0.921. The number of hydrogen-bond acceptors (Lipinski definition) is 11. The van der Waals surface area contributed by atoms with Gasteiger partial charge in [0.05, 0.1) is 29.8 Å². The van der Waals surface area contributed by atoms with E-state index < -0.39 is 94.6 Å². The van der Waals surface area contributed by atoms with E-state index in [0.717, 1.165) is 0 Å². The van der Waals surface area contributed by atoms with Crippen molar-refractivity contribution in [2.24, 2.45) is 29.4 Å². The van der Waals surface area contributed by atoms with Crippen LogP contribution in [0, 0.1) is 23.7 Å². The summed E-state index contributed by atoms with van der Waals surface area (Å²) in [5, 5.41) is 36.3. The van der Waals surface area contributed by atoms with Crippen molar-refractivity contribution in [3.8, 4) is 5.75 Å². The molecule has 0 aromatic heterocycles. The Kier molecular flexibility index (Phi) is 7.38. The number of phenolic OH excluding ortho intramolecular Hbond substituents is 1. The molecule has 2 saturated carbocycles. The minimum Gasteiger partial charge on any atom is -0.505 e. The smallest absolute Gasteiger partial charge is 0.320 e. The molecule has 214 valence electrons. The van der Waals surface area contributed by atoms with Crippen LogP contribution in [0.15, 0.2) is 12.1 Å². The number of carboxylic acid groups (broad SMARTS) is 1. The molecule has 1 aromatic carbocycles. The normalized spacial score (nSPS) is 30.3. The Morgan fingerprint density at radius 2 is 1.80 bits per heavy atom. The summed E-state index contributed by atoms with van der Waals surface area (Å²) in [6.07, 6.45) is 0.0158. The van der Waals surface area contributed by atoms with Gasteiger partial charge in [-0.3, -0.25) is 43.8 Å². The Labute approximate surface area is 227 Å². The van der Waals surface area contributed by atoms with Crippen LogP contribution in [0.25, 0.3) is 0 Å². The lowest BCUT2D eigenvalue weighted by molar-refractivity contribution is -0.181. The number of nitrogens with zero attached hydrogens (tertiary/aromatic N) is 1. The second kappa shape index (κ2) is 10.2. The summed E-state index contributed by atoms with van der Waals surface area (Å²) in [6, 6.07) is 0.633. The molecular formula is C26H30N4O10. The van der Waals surface area contributed by atoms with Gasteiger partial charge in [-0.15, -0.1) is 0 Å². The Bertz CT molecular complexity index is 1360. The molecule has 2 fully saturated rings. The zero-order valence-electron chi connectivity index (χ0n) is 22.0. The second-order valence-electron chi connectivity index (χ2n) is 10.8. The van der Waals surface area contributed by atoms with Gasteiger partial charge in [0, 0.05) is 5.92 Å². The number of carbonyl (C=O) groups excluding carboxylic acids is 6. The zero-order valence-corrected chi connectivity index (χ0v) is 22.0. The number of fused-ring (bicyclic) bond motifs is 3. The fourth-order valence-electron chi connectivity index (χ4n) is 6.21. The van der Waals surface area contributed by atoms with Crippen molar-refractivity contribution in [2.75, 3.05) is 26.0 Å². The molecule has 7 N–H and O–H groups in total. The standard InChI is InChI=1S/C26H30N4O10/c1-9(25(38)39)28-8-14(31)29-13-5-4-10-6-11-7-12-18(30(2)3)21(34)17(24(27)37)23(36)26(12,40)22(35)16(11)20(33)15(10)19(13)32/h4-5,9,11-12,16-18,28,32,40H,6-8H2,1-3H3,(H2,27,37)(H,29,31)(H,38,39)/t9?,11?,12?,16?,17?,18-,26-/m0/s1. The van der Waals surface area contributed by atoms with Gasteiger partial charge in [-0.25, -0.2) is 0 Å². The number of phenols is 1. The third-order valence-electron chi connectivity index (χ3n) is 8.15. The van der Waals surface area contributed by atoms with E-state index in [-0.39, 0.29) is 24.1 Å². The minimum atomic E-state index is -2.83. The molecule has 40 heavy (non-hydrogen) atoms. The molecule has 0 bridgehead atoms. The van der Waals surface area contributed by atoms with Crippen LogP contribution >= 0.6 is 0 Å². The second-order valence-corrected chi connectivity index (χ2v) is 10.8. The molecule has 14 nitrogen and oxygen atoms in total. The molecule has 0 aliphatic heterocycles. The van der Waals surface area contributed by atoms with Crippen LogP contribution in [-0.4, -0.2) is 99.5 Å². The lowest BCUT2D eigenvalue weighted by Crippen LogP contribution is -2.74. The molecular weight excluding hydrogens is 528 g/mol. The Balaban J connectivity index is 1.69. The number of carboxylic acids is 1. The van der Waals surface area contributed by atoms with Gasteiger partial charge in [0.15, 0.2) is 34.7 Å². The van der Waals surface area contributed by atoms with E-state index in [9.17, 15) is 43.8 Å². The number of hydrogen-bond donors (Lipinski definition) is 6. The summed E-state index contributed by atoms with van der Waals surface area (Å²) in [7, 11) is 3.00. The van der Waals surface area contributed by atoms with Crippen molar-refractivity contribution in [1.82, 2.24) is 10.2 Å². The predicted molar refractivity (Wildman–Crippen MR) is 135 cm³/mol. The number of Topliss-reactive ketones (excluding diaryl/α,β-unsaturated/α-hetero) is 4. The number of nitrogens with one attached hydrogen (secondary N) is 2. The molecule has 14 heteroatoms. The quantitative estimate of drug-likeness (QED) is 0.156. The van der Waals surface area contributed by atoms with Gasteiger partial charge in [-0.05, 0) is 51.4 Å². The summed E-state index contributed by atoms with van der Waals surface area (Å²) in [5.41, 5.74) is 2.40. The predicted octanol–water partition coefficient (Wildman–Crippen LogP) is -2.13. The van der Waals surface area contributed by atoms with Gasteiger partial charge in [0.2, 0.25) is 11.8 Å². The summed E-state index contributed by atoms with van der Waals surface area (Å²) in [5.74, 6) is -13.6. The molecule has 2 amide bonds. The number of benzene rings is 1. The Hall–Kier alpha value is -4.01. The molecule has 0 spiro atoms. The maximum absolute atomic E-state index is 13.8. The number of aliphatic carboxylic acids is 1. The molecule has 0 heterocycles. The van der Waals surface area contributed by atoms with Gasteiger partial charge in [0.1, 0.15) is 11.8 Å². The molecule has 3 aliphatic carbocycles. The van der Waals surface area contributed by atoms with Gasteiger partial charge < -0.3 is 26.4 Å². The molecule has 4 rings (SSSR count). The minimum absolute atomic E-state index is 0.0728. The molecule has 0 saturated heterocycles. The SMILES string of the molecule is CC(NCC(=O)Nc1ccc2c(c1O)C(=O)C1C(=O)[C@]3(O)C(=O)C(C(N)=O)C(=O)[C@@H](N(C)C)C3CC1C2)C(=O)O. The summed E-state index contributed by atoms with van der Waals surface area (Å²) >= 11 is 0. The van der Waals surface area contributed by atoms with Gasteiger partial charge in [-0.1, -0.05) is 6.07 Å². The third-order valence-corrected chi connectivity index (χ3v) is 8.15. The number of primary amides is 1. The summed E-state index contributed by atoms with van der Waals surface area (Å²) in [4.78, 5) is 90.5. The van der Waals surface area contributed by atoms with Gasteiger partial charge in [0.25, 0.3) is 0 Å². The number of aromatic hydroxyl groups is 1. The number of nitrogens with two attached hydrogens (primary N) is 1. The van der Waals surface area contributed by atoms with Crippen LogP contribution < -0.4 is 16.4 Å². The van der Waals surface area contributed by atoms with Crippen molar-refractivity contribution in [3.05, 3.63) is 23.3 Å². The average molecular weight is 559 g/mol. The van der Waals surface area contributed by atoms with Crippen molar-refractivity contribution in [3.63, 3.8) is 0 Å². The highest BCUT2D eigenvalue weighted by Gasteiger charge is 2.69. The monoisotopic (exact) mass is 558 g/mol. The van der Waals surface area contributed by atoms with Crippen molar-refractivity contribution < 1.29 is 48.9 Å². The lowest BCUT2D eigenvalue weighted by Gasteiger charge is -2.52. The first-order valence-electron chi connectivity index (χ1n) is 12.6. The fourth-order valence-corrected chi connectivity index (χ4v) is 6.21. The first-order chi connectivity index (χ1) is 18.6. The topological polar surface area (TPSA) is 234 Å². The third kappa shape index (κ3) is 4.37. The van der Waals surface area contributed by atoms with Crippen LogP contribution in [0.1, 0.15) is 29.3 Å². The van der Waals surface area contributed by atoms with E-state index in [0.29, 0.717) is 5.56 Å². The Morgan fingerprint density at radius 1 is 1.15 bits per heavy atom. The first-order valence-corrected chi connectivity index (χ1v) is 12.6. The van der Waals surface area contributed by atoms with E-state index in [1.54, 1.807) is 0 Å². The van der Waals surface area contributed by atoms with Gasteiger partial charge >= 0.3 is 5.97 Å². The van der Waals surface area contributed by atoms with E-state index in [1.165, 1.54) is 38.1 Å². The fraction of sp³-hybridized carbons (Fsp3) is 0.500. The van der Waals surface area contributed by atoms with E-state index in [1.807, 2.05) is 0 Å². The molecule has 1 aromatic rings. The van der Waals surface area contributed by atoms with Crippen molar-refractivity contribution >= 4 is 46.6 Å². The van der Waals surface area contributed by atoms with Crippen molar-refractivity contribution in [2.45, 2.75) is 37.5 Å². The first kappa shape index (κ1) is 29.0. The van der Waals surface area contributed by atoms with Crippen LogP contribution in [0.5, 0.6) is 5.75 Å². The van der Waals surface area contributed by atoms with Crippen LogP contribution in [0.3, 0.4) is 0 Å². The number of ketones is 4. The number of anilines is 1. The number of amides is 2. The molecule has 5 unspecified atom stereocenters. The number of carbonyl (C=O) groups is 7. The molecule has 3 aliphatic rings. The van der Waals surface area contributed by atoms with E-state index in [2.05, 4.69) is 10.6 Å². The van der Waals surface area contributed by atoms with Gasteiger partial charge in [-0.2, -0.15) is 0 Å². The van der Waals surface area contributed by atoms with E-state index in [4.69, 9.17) is 10.8 Å². The van der Waals surface area contributed by atoms with Crippen LogP contribution in [0.4, 0.5) is 5.69 Å². The molecule has 7 atom stereocenters.